The molecular formula is C22H25F3N6OS. The first-order chi connectivity index (χ1) is 15.5. The topological polar surface area (TPSA) is 102 Å². The van der Waals surface area contributed by atoms with Gasteiger partial charge in [-0.3, -0.25) is 4.79 Å². The van der Waals surface area contributed by atoms with Crippen molar-refractivity contribution in [3.8, 4) is 5.69 Å². The van der Waals surface area contributed by atoms with E-state index in [1.54, 1.807) is 24.5 Å². The maximum absolute atomic E-state index is 13.7. The zero-order valence-corrected chi connectivity index (χ0v) is 19.1. The second kappa shape index (κ2) is 8.77. The lowest BCUT2D eigenvalue weighted by Gasteiger charge is -2.30. The van der Waals surface area contributed by atoms with Crippen molar-refractivity contribution in [2.75, 3.05) is 17.6 Å². The van der Waals surface area contributed by atoms with Crippen molar-refractivity contribution in [1.82, 2.24) is 19.7 Å². The van der Waals surface area contributed by atoms with Crippen LogP contribution in [0.2, 0.25) is 0 Å². The molecule has 0 saturated carbocycles. The molecule has 1 aliphatic rings. The largest absolute Gasteiger partial charge is 0.435 e. The second-order valence-corrected chi connectivity index (χ2v) is 9.87. The molecule has 0 spiro atoms. The number of thioether (sulfide) groups is 1. The zero-order valence-electron chi connectivity index (χ0n) is 18.3. The summed E-state index contributed by atoms with van der Waals surface area (Å²) in [5.74, 6) is 0.0295. The minimum absolute atomic E-state index is 0.134. The average molecular weight is 479 g/mol. The summed E-state index contributed by atoms with van der Waals surface area (Å²) in [5.41, 5.74) is 6.53. The molecule has 0 atom stereocenters. The van der Waals surface area contributed by atoms with Gasteiger partial charge in [-0.1, -0.05) is 25.6 Å². The first-order valence-electron chi connectivity index (χ1n) is 10.5. The minimum atomic E-state index is -4.53. The number of hydrogen-bond acceptors (Lipinski definition) is 5. The molecule has 0 aliphatic heterocycles. The van der Waals surface area contributed by atoms with E-state index in [1.165, 1.54) is 22.5 Å². The highest BCUT2D eigenvalue weighted by atomic mass is 32.2. The van der Waals surface area contributed by atoms with Crippen LogP contribution in [0.15, 0.2) is 35.7 Å². The SMILES string of the molecule is CC1(C)CCc2c(C(F)(F)F)nn(-c3ccc(C(N)=O)c(NCCSc4ncc[nH]4)c3)c2C1. The number of primary amides is 1. The van der Waals surface area contributed by atoms with E-state index in [4.69, 9.17) is 5.73 Å². The summed E-state index contributed by atoms with van der Waals surface area (Å²) in [5, 5.41) is 7.92. The van der Waals surface area contributed by atoms with E-state index in [9.17, 15) is 18.0 Å². The Morgan fingerprint density at radius 2 is 2.15 bits per heavy atom. The van der Waals surface area contributed by atoms with Gasteiger partial charge in [0.25, 0.3) is 5.91 Å². The molecule has 1 aliphatic carbocycles. The number of aromatic amines is 1. The number of H-pyrrole nitrogens is 1. The van der Waals surface area contributed by atoms with Gasteiger partial charge in [-0.25, -0.2) is 9.67 Å². The molecule has 3 aromatic rings. The molecule has 176 valence electrons. The number of aromatic nitrogens is 4. The van der Waals surface area contributed by atoms with Crippen LogP contribution in [0.4, 0.5) is 18.9 Å². The summed E-state index contributed by atoms with van der Waals surface area (Å²) in [7, 11) is 0. The van der Waals surface area contributed by atoms with Crippen LogP contribution in [-0.2, 0) is 19.0 Å². The normalized spacial score (nSPS) is 15.3. The number of rotatable bonds is 7. The molecule has 0 saturated heterocycles. The lowest BCUT2D eigenvalue weighted by molar-refractivity contribution is -0.142. The smallest absolute Gasteiger partial charge is 0.383 e. The number of imidazole rings is 1. The highest BCUT2D eigenvalue weighted by Crippen LogP contribution is 2.42. The molecule has 4 N–H and O–H groups in total. The number of hydrogen-bond donors (Lipinski definition) is 3. The number of halogens is 3. The fourth-order valence-electron chi connectivity index (χ4n) is 4.06. The van der Waals surface area contributed by atoms with E-state index in [2.05, 4.69) is 20.4 Å². The quantitative estimate of drug-likeness (QED) is 0.344. The second-order valence-electron chi connectivity index (χ2n) is 8.79. The van der Waals surface area contributed by atoms with Gasteiger partial charge >= 0.3 is 6.18 Å². The maximum Gasteiger partial charge on any atom is 0.435 e. The number of benzene rings is 1. The number of carbonyl (C=O) groups excluding carboxylic acids is 1. The Balaban J connectivity index is 1.67. The molecule has 0 fully saturated rings. The maximum atomic E-state index is 13.7. The predicted octanol–water partition coefficient (Wildman–Crippen LogP) is 4.43. The van der Waals surface area contributed by atoms with Crippen LogP contribution in [0.5, 0.6) is 0 Å². The van der Waals surface area contributed by atoms with Gasteiger partial charge in [0.15, 0.2) is 10.9 Å². The number of alkyl halides is 3. The molecule has 0 radical (unpaired) electrons. The van der Waals surface area contributed by atoms with Gasteiger partial charge in [-0.2, -0.15) is 18.3 Å². The van der Waals surface area contributed by atoms with Crippen molar-refractivity contribution in [1.29, 1.82) is 0 Å². The van der Waals surface area contributed by atoms with Gasteiger partial charge < -0.3 is 16.0 Å². The van der Waals surface area contributed by atoms with Crippen molar-refractivity contribution < 1.29 is 18.0 Å². The molecule has 0 unspecified atom stereocenters. The van der Waals surface area contributed by atoms with E-state index in [0.29, 0.717) is 48.6 Å². The van der Waals surface area contributed by atoms with Gasteiger partial charge in [0.05, 0.1) is 11.3 Å². The number of fused-ring (bicyclic) bond motifs is 1. The van der Waals surface area contributed by atoms with Gasteiger partial charge in [-0.15, -0.1) is 0 Å². The summed E-state index contributed by atoms with van der Waals surface area (Å²) < 4.78 is 42.5. The van der Waals surface area contributed by atoms with Crippen LogP contribution in [-0.4, -0.2) is 38.0 Å². The molecule has 1 amide bonds. The monoisotopic (exact) mass is 478 g/mol. The van der Waals surface area contributed by atoms with Crippen LogP contribution in [0.3, 0.4) is 0 Å². The Morgan fingerprint density at radius 1 is 1.36 bits per heavy atom. The van der Waals surface area contributed by atoms with Gasteiger partial charge in [0.2, 0.25) is 0 Å². The molecule has 11 heteroatoms. The van der Waals surface area contributed by atoms with E-state index in [-0.39, 0.29) is 16.5 Å². The molecule has 1 aromatic carbocycles. The summed E-state index contributed by atoms with van der Waals surface area (Å²) in [6.45, 7) is 4.58. The van der Waals surface area contributed by atoms with Gasteiger partial charge in [0, 0.05) is 41.6 Å². The summed E-state index contributed by atoms with van der Waals surface area (Å²) in [6, 6.07) is 4.74. The number of nitrogens with two attached hydrogens (primary N) is 1. The van der Waals surface area contributed by atoms with Gasteiger partial charge in [0.1, 0.15) is 0 Å². The first kappa shape index (κ1) is 23.2. The van der Waals surface area contributed by atoms with Crippen molar-refractivity contribution in [3.63, 3.8) is 0 Å². The third kappa shape index (κ3) is 5.02. The Kier molecular flexibility index (Phi) is 6.17. The fourth-order valence-corrected chi connectivity index (χ4v) is 4.75. The highest BCUT2D eigenvalue weighted by molar-refractivity contribution is 7.99. The third-order valence-electron chi connectivity index (χ3n) is 5.70. The van der Waals surface area contributed by atoms with E-state index < -0.39 is 17.8 Å². The molecule has 33 heavy (non-hydrogen) atoms. The van der Waals surface area contributed by atoms with Crippen LogP contribution < -0.4 is 11.1 Å². The van der Waals surface area contributed by atoms with Gasteiger partial charge in [-0.05, 0) is 42.9 Å². The third-order valence-corrected chi connectivity index (χ3v) is 6.60. The Hall–Kier alpha value is -2.95. The first-order valence-corrected chi connectivity index (χ1v) is 11.5. The zero-order chi connectivity index (χ0) is 23.8. The number of nitrogens with one attached hydrogen (secondary N) is 2. The van der Waals surface area contributed by atoms with E-state index in [0.717, 1.165) is 5.16 Å². The van der Waals surface area contributed by atoms with Crippen molar-refractivity contribution >= 4 is 23.4 Å². The van der Waals surface area contributed by atoms with Crippen LogP contribution in [0.25, 0.3) is 5.69 Å². The number of anilines is 1. The van der Waals surface area contributed by atoms with Crippen molar-refractivity contribution in [3.05, 3.63) is 53.1 Å². The Bertz CT molecular complexity index is 1150. The van der Waals surface area contributed by atoms with Crippen molar-refractivity contribution in [2.24, 2.45) is 11.1 Å². The molecule has 7 nitrogen and oxygen atoms in total. The highest BCUT2D eigenvalue weighted by Gasteiger charge is 2.42. The number of nitrogens with zero attached hydrogens (tertiary/aromatic N) is 3. The van der Waals surface area contributed by atoms with E-state index in [1.807, 2.05) is 13.8 Å². The van der Waals surface area contributed by atoms with Crippen molar-refractivity contribution in [2.45, 2.75) is 44.4 Å². The predicted molar refractivity (Wildman–Crippen MR) is 121 cm³/mol. The Labute approximate surface area is 193 Å². The number of amides is 1. The van der Waals surface area contributed by atoms with Crippen LogP contribution >= 0.6 is 11.8 Å². The summed E-state index contributed by atoms with van der Waals surface area (Å²) >= 11 is 1.50. The molecule has 2 aromatic heterocycles. The van der Waals surface area contributed by atoms with Crippen LogP contribution in [0, 0.1) is 5.41 Å². The molecule has 0 bridgehead atoms. The number of carbonyl (C=O) groups is 1. The lowest BCUT2D eigenvalue weighted by atomic mass is 9.76. The standard InChI is InChI=1S/C22H25F3N6OS/c1-21(2)6-5-15-17(12-21)31(30-18(15)22(23,24)25)13-3-4-14(19(26)32)16(11-13)27-9-10-33-20-28-7-8-29-20/h3-4,7-8,11,27H,5-6,9-10,12H2,1-2H3,(H2,26,32)(H,28,29). The molecule has 4 rings (SSSR count). The summed E-state index contributed by atoms with van der Waals surface area (Å²) in [6.07, 6.45) is 0.318. The average Bonchev–Trinajstić information content (AvgIpc) is 3.37. The fraction of sp³-hybridized carbons (Fsp3) is 0.409. The molecule has 2 heterocycles. The summed E-state index contributed by atoms with van der Waals surface area (Å²) in [4.78, 5) is 19.1. The molecular weight excluding hydrogens is 453 g/mol. The van der Waals surface area contributed by atoms with E-state index >= 15 is 0 Å². The lowest BCUT2D eigenvalue weighted by Crippen LogP contribution is -2.24. The minimum Gasteiger partial charge on any atom is -0.383 e. The Morgan fingerprint density at radius 3 is 2.82 bits per heavy atom. The van der Waals surface area contributed by atoms with Crippen LogP contribution in [0.1, 0.15) is 47.6 Å².